The lowest BCUT2D eigenvalue weighted by atomic mass is 10.0. The SMILES string of the molecule is COc1ccc(-c2cc(NC(=O)CCc3nc4ccccc4c(=O)[nH]3)ccc2OC)cc1. The second-order valence-electron chi connectivity index (χ2n) is 7.22. The van der Waals surface area contributed by atoms with Crippen molar-refractivity contribution in [3.05, 3.63) is 82.9 Å². The lowest BCUT2D eigenvalue weighted by Crippen LogP contribution is -2.16. The molecule has 0 fully saturated rings. The van der Waals surface area contributed by atoms with E-state index in [-0.39, 0.29) is 17.9 Å². The van der Waals surface area contributed by atoms with Crippen LogP contribution >= 0.6 is 0 Å². The van der Waals surface area contributed by atoms with Crippen LogP contribution in [0.1, 0.15) is 12.2 Å². The first-order valence-corrected chi connectivity index (χ1v) is 10.2. The molecule has 0 bridgehead atoms. The van der Waals surface area contributed by atoms with Crippen molar-refractivity contribution < 1.29 is 14.3 Å². The van der Waals surface area contributed by atoms with E-state index < -0.39 is 0 Å². The number of hydrogen-bond acceptors (Lipinski definition) is 5. The van der Waals surface area contributed by atoms with Crippen LogP contribution in [0, 0.1) is 0 Å². The van der Waals surface area contributed by atoms with Crippen molar-refractivity contribution in [2.24, 2.45) is 0 Å². The molecule has 7 nitrogen and oxygen atoms in total. The Bertz CT molecular complexity index is 1310. The zero-order chi connectivity index (χ0) is 22.5. The summed E-state index contributed by atoms with van der Waals surface area (Å²) in [4.78, 5) is 31.9. The molecular formula is C25H23N3O4. The van der Waals surface area contributed by atoms with Crippen LogP contribution in [0.3, 0.4) is 0 Å². The van der Waals surface area contributed by atoms with E-state index in [0.717, 1.165) is 16.9 Å². The molecule has 4 aromatic rings. The normalized spacial score (nSPS) is 10.7. The van der Waals surface area contributed by atoms with Crippen molar-refractivity contribution >= 4 is 22.5 Å². The molecule has 0 saturated heterocycles. The molecule has 7 heteroatoms. The molecule has 1 heterocycles. The summed E-state index contributed by atoms with van der Waals surface area (Å²) in [5.41, 5.74) is 2.86. The first-order valence-electron chi connectivity index (χ1n) is 10.2. The number of aryl methyl sites for hydroxylation is 1. The van der Waals surface area contributed by atoms with Crippen LogP contribution in [0.15, 0.2) is 71.5 Å². The van der Waals surface area contributed by atoms with E-state index in [2.05, 4.69) is 15.3 Å². The number of hydrogen-bond donors (Lipinski definition) is 2. The maximum atomic E-state index is 12.5. The van der Waals surface area contributed by atoms with Gasteiger partial charge >= 0.3 is 0 Å². The number of amides is 1. The van der Waals surface area contributed by atoms with E-state index in [4.69, 9.17) is 9.47 Å². The highest BCUT2D eigenvalue weighted by atomic mass is 16.5. The van der Waals surface area contributed by atoms with Crippen LogP contribution in [-0.4, -0.2) is 30.1 Å². The van der Waals surface area contributed by atoms with Crippen molar-refractivity contribution in [1.82, 2.24) is 9.97 Å². The smallest absolute Gasteiger partial charge is 0.258 e. The van der Waals surface area contributed by atoms with Crippen molar-refractivity contribution in [3.63, 3.8) is 0 Å². The van der Waals surface area contributed by atoms with E-state index in [1.54, 1.807) is 38.5 Å². The largest absolute Gasteiger partial charge is 0.497 e. The third-order valence-corrected chi connectivity index (χ3v) is 5.14. The van der Waals surface area contributed by atoms with Crippen molar-refractivity contribution in [2.75, 3.05) is 19.5 Å². The van der Waals surface area contributed by atoms with Crippen molar-refractivity contribution in [1.29, 1.82) is 0 Å². The summed E-state index contributed by atoms with van der Waals surface area (Å²) in [6.07, 6.45) is 0.512. The highest BCUT2D eigenvalue weighted by Gasteiger charge is 2.11. The highest BCUT2D eigenvalue weighted by Crippen LogP contribution is 2.33. The van der Waals surface area contributed by atoms with Gasteiger partial charge < -0.3 is 19.8 Å². The number of nitrogens with one attached hydrogen (secondary N) is 2. The van der Waals surface area contributed by atoms with Gasteiger partial charge in [-0.25, -0.2) is 4.98 Å². The summed E-state index contributed by atoms with van der Waals surface area (Å²) >= 11 is 0. The Morgan fingerprint density at radius 1 is 1.00 bits per heavy atom. The maximum Gasteiger partial charge on any atom is 0.258 e. The minimum Gasteiger partial charge on any atom is -0.497 e. The zero-order valence-electron chi connectivity index (χ0n) is 17.8. The lowest BCUT2D eigenvalue weighted by Gasteiger charge is -2.12. The zero-order valence-corrected chi connectivity index (χ0v) is 17.8. The van der Waals surface area contributed by atoms with Gasteiger partial charge in [-0.3, -0.25) is 9.59 Å². The third-order valence-electron chi connectivity index (χ3n) is 5.14. The molecule has 162 valence electrons. The topological polar surface area (TPSA) is 93.3 Å². The highest BCUT2D eigenvalue weighted by molar-refractivity contribution is 5.92. The molecule has 2 N–H and O–H groups in total. The fraction of sp³-hybridized carbons (Fsp3) is 0.160. The number of aromatic amines is 1. The number of H-pyrrole nitrogens is 1. The number of rotatable bonds is 7. The molecule has 0 atom stereocenters. The first kappa shape index (κ1) is 21.1. The number of nitrogens with zero attached hydrogens (tertiary/aromatic N) is 1. The molecule has 3 aromatic carbocycles. The van der Waals surface area contributed by atoms with Gasteiger partial charge in [-0.2, -0.15) is 0 Å². The number of carbonyl (C=O) groups excluding carboxylic acids is 1. The lowest BCUT2D eigenvalue weighted by molar-refractivity contribution is -0.116. The van der Waals surface area contributed by atoms with Crippen LogP contribution < -0.4 is 20.3 Å². The Morgan fingerprint density at radius 2 is 1.78 bits per heavy atom. The standard InChI is InChI=1S/C25H23N3O4/c1-31-18-10-7-16(8-11-18)20-15-17(9-12-22(20)32-2)26-24(29)14-13-23-27-21-6-4-3-5-19(21)25(30)28-23/h3-12,15H,13-14H2,1-2H3,(H,26,29)(H,27,28,30). The average Bonchev–Trinajstić information content (AvgIpc) is 2.83. The Morgan fingerprint density at radius 3 is 2.53 bits per heavy atom. The molecule has 32 heavy (non-hydrogen) atoms. The van der Waals surface area contributed by atoms with Crippen molar-refractivity contribution in [2.45, 2.75) is 12.8 Å². The molecule has 1 aromatic heterocycles. The van der Waals surface area contributed by atoms with Crippen LogP contribution in [0.5, 0.6) is 11.5 Å². The summed E-state index contributed by atoms with van der Waals surface area (Å²) in [5, 5.41) is 3.44. The molecule has 0 aliphatic heterocycles. The number of carbonyl (C=O) groups is 1. The Labute approximate surface area is 185 Å². The summed E-state index contributed by atoms with van der Waals surface area (Å²) in [6.45, 7) is 0. The molecule has 4 rings (SSSR count). The van der Waals surface area contributed by atoms with Gasteiger partial charge in [0.2, 0.25) is 5.91 Å². The molecular weight excluding hydrogens is 406 g/mol. The van der Waals surface area contributed by atoms with Gasteiger partial charge in [0.15, 0.2) is 0 Å². The van der Waals surface area contributed by atoms with Gasteiger partial charge in [-0.05, 0) is 48.0 Å². The van der Waals surface area contributed by atoms with E-state index in [9.17, 15) is 9.59 Å². The van der Waals surface area contributed by atoms with Crippen molar-refractivity contribution in [3.8, 4) is 22.6 Å². The number of benzene rings is 3. The minimum atomic E-state index is -0.203. The van der Waals surface area contributed by atoms with Gasteiger partial charge in [-0.1, -0.05) is 24.3 Å². The number of anilines is 1. The summed E-state index contributed by atoms with van der Waals surface area (Å²) in [5.74, 6) is 1.77. The van der Waals surface area contributed by atoms with Gasteiger partial charge in [0.1, 0.15) is 17.3 Å². The number of fused-ring (bicyclic) bond motifs is 1. The van der Waals surface area contributed by atoms with E-state index in [1.165, 1.54) is 0 Å². The summed E-state index contributed by atoms with van der Waals surface area (Å²) < 4.78 is 10.7. The van der Waals surface area contributed by atoms with Crippen LogP contribution in [0.4, 0.5) is 5.69 Å². The Hall–Kier alpha value is -4.13. The third kappa shape index (κ3) is 4.62. The second-order valence-corrected chi connectivity index (χ2v) is 7.22. The van der Waals surface area contributed by atoms with Gasteiger partial charge in [-0.15, -0.1) is 0 Å². The molecule has 0 spiro atoms. The molecule has 0 aliphatic carbocycles. The van der Waals surface area contributed by atoms with E-state index in [0.29, 0.717) is 34.6 Å². The van der Waals surface area contributed by atoms with Gasteiger partial charge in [0, 0.05) is 24.1 Å². The quantitative estimate of drug-likeness (QED) is 0.460. The molecule has 0 radical (unpaired) electrons. The Balaban J connectivity index is 1.48. The van der Waals surface area contributed by atoms with Gasteiger partial charge in [0.05, 0.1) is 25.1 Å². The maximum absolute atomic E-state index is 12.5. The summed E-state index contributed by atoms with van der Waals surface area (Å²) in [7, 11) is 3.23. The van der Waals surface area contributed by atoms with Gasteiger partial charge in [0.25, 0.3) is 5.56 Å². The fourth-order valence-electron chi connectivity index (χ4n) is 3.49. The fourth-order valence-corrected chi connectivity index (χ4v) is 3.49. The second kappa shape index (κ2) is 9.34. The van der Waals surface area contributed by atoms with E-state index >= 15 is 0 Å². The van der Waals surface area contributed by atoms with E-state index in [1.807, 2.05) is 42.5 Å². The van der Waals surface area contributed by atoms with Crippen LogP contribution in [0.25, 0.3) is 22.0 Å². The number of ether oxygens (including phenoxy) is 2. The number of para-hydroxylation sites is 1. The predicted molar refractivity (Wildman–Crippen MR) is 124 cm³/mol. The Kier molecular flexibility index (Phi) is 6.17. The average molecular weight is 429 g/mol. The molecule has 0 saturated carbocycles. The van der Waals surface area contributed by atoms with Crippen LogP contribution in [-0.2, 0) is 11.2 Å². The molecule has 0 unspecified atom stereocenters. The monoisotopic (exact) mass is 429 g/mol. The molecule has 1 amide bonds. The summed E-state index contributed by atoms with van der Waals surface area (Å²) in [6, 6.07) is 20.2. The predicted octanol–water partition coefficient (Wildman–Crippen LogP) is 4.18. The minimum absolute atomic E-state index is 0.174. The first-order chi connectivity index (χ1) is 15.6. The molecule has 0 aliphatic rings. The number of aromatic nitrogens is 2. The van der Waals surface area contributed by atoms with Crippen LogP contribution in [0.2, 0.25) is 0 Å². The number of methoxy groups -OCH3 is 2.